The number of amides is 1. The number of aliphatic hydroxyl groups excluding tert-OH is 1. The SMILES string of the molecule is Cc1ccc([C@@H]2/C(=C(\O)c3ccc(OC(C)C)cc3)C(=O)C(=O)N2c2nnc(C)s2)o1. The first-order valence-electron chi connectivity index (χ1n) is 9.70. The van der Waals surface area contributed by atoms with Gasteiger partial charge in [-0.05, 0) is 64.1 Å². The molecule has 1 amide bonds. The van der Waals surface area contributed by atoms with Crippen LogP contribution < -0.4 is 9.64 Å². The lowest BCUT2D eigenvalue weighted by atomic mass is 9.99. The summed E-state index contributed by atoms with van der Waals surface area (Å²) in [5, 5.41) is 19.9. The number of aromatic nitrogens is 2. The van der Waals surface area contributed by atoms with Crippen molar-refractivity contribution in [1.29, 1.82) is 0 Å². The fraction of sp³-hybridized carbons (Fsp3) is 0.273. The summed E-state index contributed by atoms with van der Waals surface area (Å²) in [6.07, 6.45) is 0.00215. The lowest BCUT2D eigenvalue weighted by Crippen LogP contribution is -2.29. The van der Waals surface area contributed by atoms with E-state index in [9.17, 15) is 14.7 Å². The number of carbonyl (C=O) groups excluding carboxylic acids is 2. The number of rotatable bonds is 5. The summed E-state index contributed by atoms with van der Waals surface area (Å²) in [7, 11) is 0. The third kappa shape index (κ3) is 3.84. The Balaban J connectivity index is 1.84. The third-order valence-electron chi connectivity index (χ3n) is 4.70. The zero-order valence-corrected chi connectivity index (χ0v) is 18.3. The average Bonchev–Trinajstić information content (AvgIpc) is 3.40. The minimum Gasteiger partial charge on any atom is -0.507 e. The number of ether oxygens (including phenoxy) is 1. The zero-order valence-electron chi connectivity index (χ0n) is 17.4. The summed E-state index contributed by atoms with van der Waals surface area (Å²) in [6, 6.07) is 9.14. The highest BCUT2D eigenvalue weighted by atomic mass is 32.1. The van der Waals surface area contributed by atoms with E-state index in [-0.39, 0.29) is 22.6 Å². The van der Waals surface area contributed by atoms with E-state index >= 15 is 0 Å². The van der Waals surface area contributed by atoms with Crippen molar-refractivity contribution in [3.05, 3.63) is 64.1 Å². The van der Waals surface area contributed by atoms with Gasteiger partial charge < -0.3 is 14.3 Å². The van der Waals surface area contributed by atoms with Crippen LogP contribution in [0.1, 0.15) is 42.0 Å². The molecule has 31 heavy (non-hydrogen) atoms. The van der Waals surface area contributed by atoms with Crippen molar-refractivity contribution < 1.29 is 23.8 Å². The van der Waals surface area contributed by atoms with E-state index < -0.39 is 17.7 Å². The second kappa shape index (κ2) is 7.99. The van der Waals surface area contributed by atoms with Crippen molar-refractivity contribution in [2.24, 2.45) is 0 Å². The van der Waals surface area contributed by atoms with E-state index in [2.05, 4.69) is 10.2 Å². The van der Waals surface area contributed by atoms with Crippen LogP contribution in [0.15, 0.2) is 46.4 Å². The summed E-state index contributed by atoms with van der Waals surface area (Å²) >= 11 is 1.18. The number of anilines is 1. The minimum atomic E-state index is -0.951. The summed E-state index contributed by atoms with van der Waals surface area (Å²) in [4.78, 5) is 27.2. The molecular weight excluding hydrogens is 418 g/mol. The molecule has 1 aliphatic heterocycles. The van der Waals surface area contributed by atoms with Crippen LogP contribution in [0.2, 0.25) is 0 Å². The molecule has 0 unspecified atom stereocenters. The van der Waals surface area contributed by atoms with Gasteiger partial charge in [0.25, 0.3) is 5.78 Å². The summed E-state index contributed by atoms with van der Waals surface area (Å²) < 4.78 is 11.4. The van der Waals surface area contributed by atoms with Crippen LogP contribution in [0.3, 0.4) is 0 Å². The van der Waals surface area contributed by atoms with Gasteiger partial charge in [0.05, 0.1) is 11.7 Å². The maximum absolute atomic E-state index is 13.0. The number of hydrogen-bond acceptors (Lipinski definition) is 8. The molecule has 1 aliphatic rings. The second-order valence-corrected chi connectivity index (χ2v) is 8.57. The molecule has 1 fully saturated rings. The van der Waals surface area contributed by atoms with Crippen LogP contribution in [-0.4, -0.2) is 33.1 Å². The monoisotopic (exact) mass is 439 g/mol. The van der Waals surface area contributed by atoms with Gasteiger partial charge in [0.2, 0.25) is 5.13 Å². The molecule has 8 nitrogen and oxygen atoms in total. The Morgan fingerprint density at radius 1 is 1.13 bits per heavy atom. The van der Waals surface area contributed by atoms with E-state index in [0.29, 0.717) is 27.8 Å². The summed E-state index contributed by atoms with van der Waals surface area (Å²) in [5.41, 5.74) is 0.320. The molecule has 0 radical (unpaired) electrons. The smallest absolute Gasteiger partial charge is 0.302 e. The van der Waals surface area contributed by atoms with Gasteiger partial charge >= 0.3 is 5.91 Å². The van der Waals surface area contributed by atoms with Crippen LogP contribution in [0.4, 0.5) is 5.13 Å². The summed E-state index contributed by atoms with van der Waals surface area (Å²) in [5.74, 6) is -0.301. The van der Waals surface area contributed by atoms with Crippen LogP contribution in [0.5, 0.6) is 5.75 Å². The molecule has 0 aliphatic carbocycles. The third-order valence-corrected chi connectivity index (χ3v) is 5.53. The molecular formula is C22H21N3O5S. The molecule has 9 heteroatoms. The molecule has 3 heterocycles. The number of aryl methyl sites for hydroxylation is 2. The Morgan fingerprint density at radius 3 is 2.39 bits per heavy atom. The van der Waals surface area contributed by atoms with Gasteiger partial charge in [-0.1, -0.05) is 11.3 Å². The topological polar surface area (TPSA) is 106 Å². The van der Waals surface area contributed by atoms with Crippen LogP contribution in [0.25, 0.3) is 5.76 Å². The van der Waals surface area contributed by atoms with Gasteiger partial charge in [-0.15, -0.1) is 10.2 Å². The van der Waals surface area contributed by atoms with Gasteiger partial charge in [0, 0.05) is 5.56 Å². The predicted molar refractivity (Wildman–Crippen MR) is 115 cm³/mol. The lowest BCUT2D eigenvalue weighted by molar-refractivity contribution is -0.132. The van der Waals surface area contributed by atoms with Gasteiger partial charge in [0.15, 0.2) is 0 Å². The highest BCUT2D eigenvalue weighted by Gasteiger charge is 2.49. The fourth-order valence-electron chi connectivity index (χ4n) is 3.40. The van der Waals surface area contributed by atoms with E-state index in [4.69, 9.17) is 9.15 Å². The highest BCUT2D eigenvalue weighted by molar-refractivity contribution is 7.15. The number of furan rings is 1. The molecule has 3 aromatic rings. The first-order valence-corrected chi connectivity index (χ1v) is 10.5. The Labute approximate surface area is 182 Å². The number of benzene rings is 1. The Hall–Kier alpha value is -3.46. The number of ketones is 1. The van der Waals surface area contributed by atoms with E-state index in [1.54, 1.807) is 50.2 Å². The fourth-order valence-corrected chi connectivity index (χ4v) is 4.12. The molecule has 0 saturated carbocycles. The van der Waals surface area contributed by atoms with Crippen molar-refractivity contribution in [1.82, 2.24) is 10.2 Å². The normalized spacial score (nSPS) is 18.2. The van der Waals surface area contributed by atoms with Gasteiger partial charge in [-0.3, -0.25) is 14.5 Å². The quantitative estimate of drug-likeness (QED) is 0.361. The first kappa shape index (κ1) is 20.8. The van der Waals surface area contributed by atoms with Crippen LogP contribution >= 0.6 is 11.3 Å². The molecule has 0 spiro atoms. The van der Waals surface area contributed by atoms with Crippen molar-refractivity contribution in [3.63, 3.8) is 0 Å². The van der Waals surface area contributed by atoms with Crippen molar-refractivity contribution >= 4 is 33.9 Å². The van der Waals surface area contributed by atoms with Gasteiger partial charge in [0.1, 0.15) is 34.1 Å². The van der Waals surface area contributed by atoms with Crippen molar-refractivity contribution in [2.75, 3.05) is 4.90 Å². The molecule has 1 N–H and O–H groups in total. The van der Waals surface area contributed by atoms with Crippen LogP contribution in [0, 0.1) is 13.8 Å². The van der Waals surface area contributed by atoms with Crippen molar-refractivity contribution in [2.45, 2.75) is 39.8 Å². The number of nitrogens with zero attached hydrogens (tertiary/aromatic N) is 3. The number of Topliss-reactive ketones (excluding diaryl/α,β-unsaturated/α-hetero) is 1. The average molecular weight is 439 g/mol. The second-order valence-electron chi connectivity index (χ2n) is 7.41. The molecule has 4 rings (SSSR count). The molecule has 1 atom stereocenters. The maximum atomic E-state index is 13.0. The molecule has 160 valence electrons. The molecule has 1 aromatic carbocycles. The predicted octanol–water partition coefficient (Wildman–Crippen LogP) is 4.16. The van der Waals surface area contributed by atoms with Crippen molar-refractivity contribution in [3.8, 4) is 5.75 Å². The zero-order chi connectivity index (χ0) is 22.3. The number of hydrogen-bond donors (Lipinski definition) is 1. The Bertz CT molecular complexity index is 1180. The molecule has 2 aromatic heterocycles. The first-order chi connectivity index (χ1) is 14.8. The van der Waals surface area contributed by atoms with E-state index in [1.165, 1.54) is 16.2 Å². The molecule has 1 saturated heterocycles. The van der Waals surface area contributed by atoms with Gasteiger partial charge in [-0.2, -0.15) is 0 Å². The minimum absolute atomic E-state index is 0.00215. The van der Waals surface area contributed by atoms with E-state index in [1.807, 2.05) is 13.8 Å². The summed E-state index contributed by atoms with van der Waals surface area (Å²) in [6.45, 7) is 7.34. The highest BCUT2D eigenvalue weighted by Crippen LogP contribution is 2.43. The maximum Gasteiger partial charge on any atom is 0.302 e. The molecule has 0 bridgehead atoms. The standard InChI is InChI=1S/C22H21N3O5S/c1-11(2)29-15-8-6-14(7-9-15)19(26)17-18(16-10-5-12(3)30-16)25(21(28)20(17)27)22-24-23-13(4)31-22/h5-11,18,26H,1-4H3/b19-17+/t18-/m1/s1. The Morgan fingerprint density at radius 2 is 1.84 bits per heavy atom. The van der Waals surface area contributed by atoms with E-state index in [0.717, 1.165) is 0 Å². The van der Waals surface area contributed by atoms with Crippen LogP contribution in [-0.2, 0) is 9.59 Å². The Kier molecular flexibility index (Phi) is 5.36. The largest absolute Gasteiger partial charge is 0.507 e. The lowest BCUT2D eigenvalue weighted by Gasteiger charge is -2.20. The van der Waals surface area contributed by atoms with Gasteiger partial charge in [-0.25, -0.2) is 0 Å². The number of aliphatic hydroxyl groups is 1. The number of carbonyl (C=O) groups is 2.